The summed E-state index contributed by atoms with van der Waals surface area (Å²) in [6.07, 6.45) is -4.81. The fourth-order valence-corrected chi connectivity index (χ4v) is 1.80. The monoisotopic (exact) mass is 336 g/mol. The minimum Gasteiger partial charge on any atom is -0.303 e. The molecular weight excluding hydrogens is 332 g/mol. The van der Waals surface area contributed by atoms with Gasteiger partial charge in [0.05, 0.1) is 10.2 Å². The topological polar surface area (TPSA) is 45.8 Å². The lowest BCUT2D eigenvalue weighted by molar-refractivity contribution is -0.145. The van der Waals surface area contributed by atoms with Crippen molar-refractivity contribution in [3.05, 3.63) is 50.7 Å². The SMILES string of the molecule is O=c1cc(-c2cccc(Br)c2F)nc(C(F)(F)F)[nH]1. The van der Waals surface area contributed by atoms with Gasteiger partial charge in [-0.1, -0.05) is 6.07 Å². The van der Waals surface area contributed by atoms with Gasteiger partial charge in [0.2, 0.25) is 5.82 Å². The highest BCUT2D eigenvalue weighted by Gasteiger charge is 2.34. The van der Waals surface area contributed by atoms with Crippen molar-refractivity contribution >= 4 is 15.9 Å². The minimum absolute atomic E-state index is 0.0700. The second kappa shape index (κ2) is 4.76. The molecule has 1 aromatic heterocycles. The highest BCUT2D eigenvalue weighted by molar-refractivity contribution is 9.10. The van der Waals surface area contributed by atoms with Crippen LogP contribution in [0.15, 0.2) is 33.5 Å². The number of hydrogen-bond acceptors (Lipinski definition) is 2. The fraction of sp³-hybridized carbons (Fsp3) is 0.0909. The first-order valence-electron chi connectivity index (χ1n) is 4.92. The molecular formula is C11H5BrF4N2O. The lowest BCUT2D eigenvalue weighted by Gasteiger charge is -2.08. The smallest absolute Gasteiger partial charge is 0.303 e. The van der Waals surface area contributed by atoms with E-state index in [1.807, 2.05) is 0 Å². The quantitative estimate of drug-likeness (QED) is 0.811. The Labute approximate surface area is 112 Å². The summed E-state index contributed by atoms with van der Waals surface area (Å²) in [6, 6.07) is 4.86. The molecule has 0 amide bonds. The van der Waals surface area contributed by atoms with E-state index >= 15 is 0 Å². The third-order valence-corrected chi connectivity index (χ3v) is 2.85. The summed E-state index contributed by atoms with van der Waals surface area (Å²) in [5, 5.41) is 0. The molecule has 1 heterocycles. The molecule has 0 saturated heterocycles. The molecule has 8 heteroatoms. The predicted octanol–water partition coefficient (Wildman–Crippen LogP) is 3.36. The van der Waals surface area contributed by atoms with Crippen molar-refractivity contribution in [3.8, 4) is 11.3 Å². The lowest BCUT2D eigenvalue weighted by atomic mass is 10.1. The van der Waals surface area contributed by atoms with Crippen LogP contribution < -0.4 is 5.56 Å². The third-order valence-electron chi connectivity index (χ3n) is 2.24. The molecule has 0 bridgehead atoms. The van der Waals surface area contributed by atoms with Gasteiger partial charge in [-0.25, -0.2) is 9.37 Å². The van der Waals surface area contributed by atoms with Crippen LogP contribution in [0.3, 0.4) is 0 Å². The lowest BCUT2D eigenvalue weighted by Crippen LogP contribution is -2.19. The predicted molar refractivity (Wildman–Crippen MR) is 63.0 cm³/mol. The van der Waals surface area contributed by atoms with Crippen molar-refractivity contribution in [2.24, 2.45) is 0 Å². The molecule has 0 aliphatic heterocycles. The summed E-state index contributed by atoms with van der Waals surface area (Å²) in [4.78, 5) is 16.0. The zero-order valence-electron chi connectivity index (χ0n) is 9.05. The Morgan fingerprint density at radius 3 is 2.58 bits per heavy atom. The van der Waals surface area contributed by atoms with Crippen molar-refractivity contribution in [1.82, 2.24) is 9.97 Å². The second-order valence-electron chi connectivity index (χ2n) is 3.58. The van der Waals surface area contributed by atoms with Crippen LogP contribution in [0, 0.1) is 5.82 Å². The number of alkyl halides is 3. The van der Waals surface area contributed by atoms with Crippen molar-refractivity contribution in [2.45, 2.75) is 6.18 Å². The summed E-state index contributed by atoms with van der Waals surface area (Å²) >= 11 is 2.91. The first kappa shape index (κ1) is 13.7. The maximum atomic E-state index is 13.8. The molecule has 0 unspecified atom stereocenters. The van der Waals surface area contributed by atoms with E-state index in [9.17, 15) is 22.4 Å². The van der Waals surface area contributed by atoms with Gasteiger partial charge in [0.25, 0.3) is 5.56 Å². The molecule has 100 valence electrons. The normalized spacial score (nSPS) is 11.6. The van der Waals surface area contributed by atoms with Crippen LogP contribution in [0.2, 0.25) is 0 Å². The van der Waals surface area contributed by atoms with Crippen molar-refractivity contribution < 1.29 is 17.6 Å². The number of aromatic amines is 1. The Morgan fingerprint density at radius 1 is 1.26 bits per heavy atom. The van der Waals surface area contributed by atoms with Gasteiger partial charge in [-0.15, -0.1) is 0 Å². The van der Waals surface area contributed by atoms with Gasteiger partial charge in [0, 0.05) is 11.6 Å². The van der Waals surface area contributed by atoms with E-state index in [0.717, 1.165) is 6.07 Å². The van der Waals surface area contributed by atoms with Crippen LogP contribution in [-0.2, 0) is 6.18 Å². The Morgan fingerprint density at radius 2 is 1.95 bits per heavy atom. The molecule has 0 aliphatic rings. The molecule has 2 aromatic rings. The molecule has 0 radical (unpaired) electrons. The van der Waals surface area contributed by atoms with Crippen molar-refractivity contribution in [1.29, 1.82) is 0 Å². The van der Waals surface area contributed by atoms with E-state index in [-0.39, 0.29) is 15.7 Å². The van der Waals surface area contributed by atoms with Crippen molar-refractivity contribution in [3.63, 3.8) is 0 Å². The minimum atomic E-state index is -4.81. The molecule has 0 fully saturated rings. The Balaban J connectivity index is 2.67. The van der Waals surface area contributed by atoms with E-state index in [4.69, 9.17) is 0 Å². The number of nitrogens with zero attached hydrogens (tertiary/aromatic N) is 1. The van der Waals surface area contributed by atoms with Gasteiger partial charge in [0.15, 0.2) is 0 Å². The molecule has 19 heavy (non-hydrogen) atoms. The van der Waals surface area contributed by atoms with Crippen LogP contribution in [-0.4, -0.2) is 9.97 Å². The number of benzene rings is 1. The van der Waals surface area contributed by atoms with Crippen LogP contribution in [0.25, 0.3) is 11.3 Å². The second-order valence-corrected chi connectivity index (χ2v) is 4.43. The number of rotatable bonds is 1. The molecule has 1 N–H and O–H groups in total. The van der Waals surface area contributed by atoms with Gasteiger partial charge in [-0.05, 0) is 28.1 Å². The number of halogens is 5. The summed E-state index contributed by atoms with van der Waals surface area (Å²) in [5.74, 6) is -2.25. The van der Waals surface area contributed by atoms with E-state index in [0.29, 0.717) is 0 Å². The number of aromatic nitrogens is 2. The first-order chi connectivity index (χ1) is 8.79. The summed E-state index contributed by atoms with van der Waals surface area (Å²) in [7, 11) is 0. The van der Waals surface area contributed by atoms with Gasteiger partial charge >= 0.3 is 6.18 Å². The zero-order chi connectivity index (χ0) is 14.2. The molecule has 0 spiro atoms. The zero-order valence-corrected chi connectivity index (χ0v) is 10.6. The first-order valence-corrected chi connectivity index (χ1v) is 5.71. The summed E-state index contributed by atoms with van der Waals surface area (Å²) in [6.45, 7) is 0. The molecule has 3 nitrogen and oxygen atoms in total. The van der Waals surface area contributed by atoms with E-state index < -0.39 is 23.4 Å². The average molecular weight is 337 g/mol. The highest BCUT2D eigenvalue weighted by Crippen LogP contribution is 2.29. The third kappa shape index (κ3) is 2.83. The Hall–Kier alpha value is -1.70. The van der Waals surface area contributed by atoms with Crippen LogP contribution >= 0.6 is 15.9 Å². The van der Waals surface area contributed by atoms with Crippen LogP contribution in [0.1, 0.15) is 5.82 Å². The van der Waals surface area contributed by atoms with Gasteiger partial charge in [-0.2, -0.15) is 13.2 Å². The van der Waals surface area contributed by atoms with Gasteiger partial charge in [0.1, 0.15) is 5.82 Å². The Bertz CT molecular complexity index is 681. The molecule has 0 saturated carbocycles. The number of H-pyrrole nitrogens is 1. The van der Waals surface area contributed by atoms with E-state index in [1.54, 1.807) is 4.98 Å². The van der Waals surface area contributed by atoms with Gasteiger partial charge in [-0.3, -0.25) is 4.79 Å². The van der Waals surface area contributed by atoms with Gasteiger partial charge < -0.3 is 4.98 Å². The number of nitrogens with one attached hydrogen (secondary N) is 1. The standard InChI is InChI=1S/C11H5BrF4N2O/c12-6-3-1-2-5(9(6)13)7-4-8(19)18-10(17-7)11(14,15)16/h1-4H,(H,17,18,19). The summed E-state index contributed by atoms with van der Waals surface area (Å²) < 4.78 is 51.4. The van der Waals surface area contributed by atoms with Crippen LogP contribution in [0.5, 0.6) is 0 Å². The Kier molecular flexibility index (Phi) is 3.44. The number of hydrogen-bond donors (Lipinski definition) is 1. The van der Waals surface area contributed by atoms with E-state index in [2.05, 4.69) is 20.9 Å². The maximum absolute atomic E-state index is 13.8. The maximum Gasteiger partial charge on any atom is 0.449 e. The summed E-state index contributed by atoms with van der Waals surface area (Å²) in [5.41, 5.74) is -1.57. The van der Waals surface area contributed by atoms with Crippen molar-refractivity contribution in [2.75, 3.05) is 0 Å². The van der Waals surface area contributed by atoms with E-state index in [1.165, 1.54) is 18.2 Å². The molecule has 0 aliphatic carbocycles. The fourth-order valence-electron chi connectivity index (χ4n) is 1.43. The molecule has 1 aromatic carbocycles. The highest BCUT2D eigenvalue weighted by atomic mass is 79.9. The largest absolute Gasteiger partial charge is 0.449 e. The molecule has 2 rings (SSSR count). The average Bonchev–Trinajstić information content (AvgIpc) is 2.31. The molecule has 0 atom stereocenters. The van der Waals surface area contributed by atoms with Crippen LogP contribution in [0.4, 0.5) is 17.6 Å².